The van der Waals surface area contributed by atoms with Crippen LogP contribution >= 0.6 is 22.9 Å². The van der Waals surface area contributed by atoms with Gasteiger partial charge in [0, 0.05) is 9.90 Å². The van der Waals surface area contributed by atoms with Crippen LogP contribution in [0.2, 0.25) is 5.02 Å². The van der Waals surface area contributed by atoms with Crippen molar-refractivity contribution in [3.63, 3.8) is 0 Å². The smallest absolute Gasteiger partial charge is 0.252 e. The van der Waals surface area contributed by atoms with Crippen LogP contribution in [-0.2, 0) is 0 Å². The number of benzene rings is 1. The first-order valence-corrected chi connectivity index (χ1v) is 6.98. The van der Waals surface area contributed by atoms with E-state index < -0.39 is 5.91 Å². The number of hydrogen-bond donors (Lipinski definition) is 1. The molecule has 2 rings (SSSR count). The van der Waals surface area contributed by atoms with Crippen molar-refractivity contribution >= 4 is 34.6 Å². The molecule has 2 N–H and O–H groups in total. The van der Waals surface area contributed by atoms with E-state index in [-0.39, 0.29) is 23.7 Å². The van der Waals surface area contributed by atoms with Crippen molar-refractivity contribution in [1.29, 1.82) is 0 Å². The predicted octanol–water partition coefficient (Wildman–Crippen LogP) is 3.07. The van der Waals surface area contributed by atoms with Crippen LogP contribution < -0.4 is 10.5 Å². The van der Waals surface area contributed by atoms with Crippen LogP contribution in [0.25, 0.3) is 0 Å². The van der Waals surface area contributed by atoms with Gasteiger partial charge in [-0.1, -0.05) is 11.6 Å². The Labute approximate surface area is 125 Å². The van der Waals surface area contributed by atoms with Crippen molar-refractivity contribution in [1.82, 2.24) is 0 Å². The molecule has 1 aromatic heterocycles. The Kier molecular flexibility index (Phi) is 4.42. The third-order valence-corrected chi connectivity index (χ3v) is 3.86. The monoisotopic (exact) mass is 309 g/mol. The minimum atomic E-state index is -0.651. The molecule has 0 saturated carbocycles. The SMILES string of the molecule is Cc1ccc(C(=O)COc2ccc(Cl)cc2C(N)=O)s1. The number of carbonyl (C=O) groups is 2. The highest BCUT2D eigenvalue weighted by Crippen LogP contribution is 2.23. The second-order valence-electron chi connectivity index (χ2n) is 4.13. The van der Waals surface area contributed by atoms with Crippen LogP contribution in [0.15, 0.2) is 30.3 Å². The van der Waals surface area contributed by atoms with E-state index in [1.165, 1.54) is 23.5 Å². The lowest BCUT2D eigenvalue weighted by Crippen LogP contribution is -2.16. The largest absolute Gasteiger partial charge is 0.485 e. The molecule has 0 fully saturated rings. The molecule has 0 saturated heterocycles. The number of thiophene rings is 1. The summed E-state index contributed by atoms with van der Waals surface area (Å²) in [6.45, 7) is 1.77. The molecule has 0 radical (unpaired) electrons. The normalized spacial score (nSPS) is 10.3. The number of nitrogens with two attached hydrogens (primary N) is 1. The number of hydrogen-bond acceptors (Lipinski definition) is 4. The average Bonchev–Trinajstić information content (AvgIpc) is 2.83. The Bertz CT molecular complexity index is 666. The number of amides is 1. The molecule has 0 atom stereocenters. The number of Topliss-reactive ketones (excluding diaryl/α,β-unsaturated/α-hetero) is 1. The number of rotatable bonds is 5. The van der Waals surface area contributed by atoms with Gasteiger partial charge in [0.2, 0.25) is 5.78 Å². The van der Waals surface area contributed by atoms with E-state index in [0.29, 0.717) is 9.90 Å². The number of primary amides is 1. The molecule has 1 heterocycles. The van der Waals surface area contributed by atoms with Gasteiger partial charge in [-0.25, -0.2) is 0 Å². The summed E-state index contributed by atoms with van der Waals surface area (Å²) in [6.07, 6.45) is 0. The van der Waals surface area contributed by atoms with Crippen LogP contribution in [0.4, 0.5) is 0 Å². The number of ether oxygens (including phenoxy) is 1. The first-order valence-electron chi connectivity index (χ1n) is 5.79. The van der Waals surface area contributed by atoms with Crippen LogP contribution in [-0.4, -0.2) is 18.3 Å². The van der Waals surface area contributed by atoms with Crippen LogP contribution in [0.1, 0.15) is 24.9 Å². The molecular formula is C14H12ClNO3S. The van der Waals surface area contributed by atoms with E-state index in [1.54, 1.807) is 12.1 Å². The summed E-state index contributed by atoms with van der Waals surface area (Å²) < 4.78 is 5.38. The van der Waals surface area contributed by atoms with Crippen molar-refractivity contribution in [3.05, 3.63) is 50.7 Å². The minimum Gasteiger partial charge on any atom is -0.485 e. The number of halogens is 1. The van der Waals surface area contributed by atoms with Gasteiger partial charge in [-0.2, -0.15) is 0 Å². The third kappa shape index (κ3) is 3.37. The van der Waals surface area contributed by atoms with Gasteiger partial charge in [-0.3, -0.25) is 9.59 Å². The quantitative estimate of drug-likeness (QED) is 0.863. The van der Waals surface area contributed by atoms with E-state index >= 15 is 0 Å². The zero-order valence-corrected chi connectivity index (χ0v) is 12.3. The molecule has 0 aliphatic heterocycles. The Morgan fingerprint density at radius 2 is 2.05 bits per heavy atom. The molecule has 20 heavy (non-hydrogen) atoms. The summed E-state index contributed by atoms with van der Waals surface area (Å²) in [4.78, 5) is 24.9. The Morgan fingerprint density at radius 3 is 2.65 bits per heavy atom. The van der Waals surface area contributed by atoms with Gasteiger partial charge in [-0.05, 0) is 37.3 Å². The molecule has 0 aliphatic carbocycles. The summed E-state index contributed by atoms with van der Waals surface area (Å²) in [5.74, 6) is -0.543. The zero-order chi connectivity index (χ0) is 14.7. The molecule has 104 valence electrons. The van der Waals surface area contributed by atoms with Crippen molar-refractivity contribution in [2.24, 2.45) is 5.73 Å². The topological polar surface area (TPSA) is 69.4 Å². The molecule has 1 amide bonds. The number of carbonyl (C=O) groups excluding carboxylic acids is 2. The van der Waals surface area contributed by atoms with Crippen LogP contribution in [0, 0.1) is 6.92 Å². The Hall–Kier alpha value is -1.85. The van der Waals surface area contributed by atoms with Gasteiger partial charge in [-0.15, -0.1) is 11.3 Å². The second kappa shape index (κ2) is 6.07. The first-order chi connectivity index (χ1) is 9.47. The third-order valence-electron chi connectivity index (χ3n) is 2.58. The highest BCUT2D eigenvalue weighted by atomic mass is 35.5. The highest BCUT2D eigenvalue weighted by molar-refractivity contribution is 7.14. The van der Waals surface area contributed by atoms with Gasteiger partial charge in [0.15, 0.2) is 6.61 Å². The molecule has 0 bridgehead atoms. The molecule has 0 aliphatic rings. The molecule has 4 nitrogen and oxygen atoms in total. The average molecular weight is 310 g/mol. The first kappa shape index (κ1) is 14.6. The summed E-state index contributed by atoms with van der Waals surface area (Å²) in [6, 6.07) is 8.13. The lowest BCUT2D eigenvalue weighted by Gasteiger charge is -2.08. The summed E-state index contributed by atoms with van der Waals surface area (Å²) in [7, 11) is 0. The van der Waals surface area contributed by atoms with Gasteiger partial charge < -0.3 is 10.5 Å². The van der Waals surface area contributed by atoms with Crippen molar-refractivity contribution in [2.45, 2.75) is 6.92 Å². The van der Waals surface area contributed by atoms with Gasteiger partial charge in [0.05, 0.1) is 10.4 Å². The summed E-state index contributed by atoms with van der Waals surface area (Å²) in [5, 5.41) is 0.381. The lowest BCUT2D eigenvalue weighted by molar-refractivity contribution is 0.0916. The van der Waals surface area contributed by atoms with Gasteiger partial charge >= 0.3 is 0 Å². The molecule has 1 aromatic carbocycles. The Balaban J connectivity index is 2.11. The van der Waals surface area contributed by atoms with Crippen LogP contribution in [0.5, 0.6) is 5.75 Å². The maximum absolute atomic E-state index is 11.9. The fourth-order valence-corrected chi connectivity index (χ4v) is 2.58. The van der Waals surface area contributed by atoms with E-state index in [9.17, 15) is 9.59 Å². The van der Waals surface area contributed by atoms with Gasteiger partial charge in [0.25, 0.3) is 5.91 Å². The van der Waals surface area contributed by atoms with E-state index in [0.717, 1.165) is 4.88 Å². The number of aryl methyl sites for hydroxylation is 1. The van der Waals surface area contributed by atoms with Crippen LogP contribution in [0.3, 0.4) is 0 Å². The van der Waals surface area contributed by atoms with Crippen molar-refractivity contribution in [3.8, 4) is 5.75 Å². The Morgan fingerprint density at radius 1 is 1.30 bits per heavy atom. The molecule has 0 unspecified atom stereocenters. The predicted molar refractivity (Wildman–Crippen MR) is 78.9 cm³/mol. The van der Waals surface area contributed by atoms with E-state index in [4.69, 9.17) is 22.1 Å². The number of ketones is 1. The lowest BCUT2D eigenvalue weighted by atomic mass is 10.2. The second-order valence-corrected chi connectivity index (χ2v) is 5.85. The maximum Gasteiger partial charge on any atom is 0.252 e. The molecule has 2 aromatic rings. The fourth-order valence-electron chi connectivity index (χ4n) is 1.62. The molecule has 6 heteroatoms. The standard InChI is InChI=1S/C14H12ClNO3S/c1-8-2-5-13(20-8)11(17)7-19-12-4-3-9(15)6-10(12)14(16)18/h2-6H,7H2,1H3,(H2,16,18). The molecular weight excluding hydrogens is 298 g/mol. The fraction of sp³-hybridized carbons (Fsp3) is 0.143. The van der Waals surface area contributed by atoms with E-state index in [2.05, 4.69) is 0 Å². The maximum atomic E-state index is 11.9. The zero-order valence-electron chi connectivity index (χ0n) is 10.7. The van der Waals surface area contributed by atoms with Crippen molar-refractivity contribution < 1.29 is 14.3 Å². The van der Waals surface area contributed by atoms with Gasteiger partial charge in [0.1, 0.15) is 5.75 Å². The summed E-state index contributed by atoms with van der Waals surface area (Å²) in [5.41, 5.74) is 5.40. The minimum absolute atomic E-state index is 0.145. The summed E-state index contributed by atoms with van der Waals surface area (Å²) >= 11 is 7.20. The molecule has 0 spiro atoms. The van der Waals surface area contributed by atoms with Crippen molar-refractivity contribution in [2.75, 3.05) is 6.61 Å². The van der Waals surface area contributed by atoms with E-state index in [1.807, 2.05) is 13.0 Å². The highest BCUT2D eigenvalue weighted by Gasteiger charge is 2.13.